The zero-order chi connectivity index (χ0) is 22.4. The van der Waals surface area contributed by atoms with E-state index in [0.29, 0.717) is 11.3 Å². The van der Waals surface area contributed by atoms with Crippen LogP contribution in [-0.2, 0) is 10.0 Å². The van der Waals surface area contributed by atoms with Crippen LogP contribution >= 0.6 is 11.6 Å². The summed E-state index contributed by atoms with van der Waals surface area (Å²) in [4.78, 5) is 23.3. The van der Waals surface area contributed by atoms with Crippen molar-refractivity contribution in [3.8, 4) is 0 Å². The second-order valence-corrected chi connectivity index (χ2v) is 10.6. The van der Waals surface area contributed by atoms with Gasteiger partial charge >= 0.3 is 6.09 Å². The monoisotopic (exact) mass is 467 g/mol. The molecule has 0 atom stereocenters. The molecule has 1 aromatic heterocycles. The molecule has 2 aliphatic rings. The number of hydrogen-bond donors (Lipinski definition) is 4. The van der Waals surface area contributed by atoms with Crippen LogP contribution in [0.3, 0.4) is 0 Å². The van der Waals surface area contributed by atoms with Crippen molar-refractivity contribution in [2.75, 3.05) is 16.3 Å². The first kappa shape index (κ1) is 21.4. The van der Waals surface area contributed by atoms with Crippen molar-refractivity contribution >= 4 is 45.0 Å². The van der Waals surface area contributed by atoms with Gasteiger partial charge in [0.05, 0.1) is 29.7 Å². The van der Waals surface area contributed by atoms with Gasteiger partial charge in [-0.3, -0.25) is 14.2 Å². The summed E-state index contributed by atoms with van der Waals surface area (Å²) in [5, 5.41) is 18.6. The minimum atomic E-state index is -3.48. The number of anilines is 2. The third-order valence-corrected chi connectivity index (χ3v) is 6.55. The average Bonchev–Trinajstić information content (AvgIpc) is 3.02. The van der Waals surface area contributed by atoms with E-state index in [4.69, 9.17) is 16.7 Å². The first-order chi connectivity index (χ1) is 14.5. The molecule has 1 spiro atoms. The summed E-state index contributed by atoms with van der Waals surface area (Å²) in [5.41, 5.74) is 1.15. The highest BCUT2D eigenvalue weighted by molar-refractivity contribution is 7.92. The molecule has 2 amide bonds. The minimum absolute atomic E-state index is 0.0252. The van der Waals surface area contributed by atoms with Crippen LogP contribution in [0, 0.1) is 5.41 Å². The minimum Gasteiger partial charge on any atom is -0.465 e. The Morgan fingerprint density at radius 2 is 1.87 bits per heavy atom. The van der Waals surface area contributed by atoms with Crippen LogP contribution < -0.4 is 15.4 Å². The summed E-state index contributed by atoms with van der Waals surface area (Å²) >= 11 is 6.02. The Morgan fingerprint density at radius 3 is 2.52 bits per heavy atom. The largest absolute Gasteiger partial charge is 0.465 e. The lowest BCUT2D eigenvalue weighted by molar-refractivity contribution is -0.0446. The molecule has 0 radical (unpaired) electrons. The Labute approximate surface area is 184 Å². The topological polar surface area (TPSA) is 142 Å². The molecule has 1 heterocycles. The quantitative estimate of drug-likeness (QED) is 0.514. The number of carboxylic acid groups (broad SMARTS) is 1. The first-order valence-corrected chi connectivity index (χ1v) is 11.9. The second kappa shape index (κ2) is 7.72. The molecule has 2 aliphatic carbocycles. The van der Waals surface area contributed by atoms with Gasteiger partial charge in [-0.15, -0.1) is 0 Å². The summed E-state index contributed by atoms with van der Waals surface area (Å²) in [6.07, 6.45) is 6.68. The number of aromatic nitrogens is 2. The lowest BCUT2D eigenvalue weighted by Gasteiger charge is -2.57. The van der Waals surface area contributed by atoms with Crippen molar-refractivity contribution in [3.63, 3.8) is 0 Å². The number of carbonyl (C=O) groups is 2. The van der Waals surface area contributed by atoms with Crippen molar-refractivity contribution < 1.29 is 23.1 Å². The third-order valence-electron chi connectivity index (χ3n) is 5.72. The zero-order valence-electron chi connectivity index (χ0n) is 16.6. The number of nitrogens with zero attached hydrogens (tertiary/aromatic N) is 2. The number of rotatable bonds is 6. The van der Waals surface area contributed by atoms with Crippen molar-refractivity contribution in [2.45, 2.75) is 37.8 Å². The van der Waals surface area contributed by atoms with Gasteiger partial charge in [0.25, 0.3) is 5.91 Å². The van der Waals surface area contributed by atoms with Crippen LogP contribution in [0.5, 0.6) is 0 Å². The van der Waals surface area contributed by atoms with Gasteiger partial charge in [0.15, 0.2) is 0 Å². The summed E-state index contributed by atoms with van der Waals surface area (Å²) in [5.74, 6) is -0.387. The molecule has 2 saturated carbocycles. The van der Waals surface area contributed by atoms with E-state index in [-0.39, 0.29) is 34.1 Å². The van der Waals surface area contributed by atoms with Crippen LogP contribution in [0.2, 0.25) is 5.02 Å². The Bertz CT molecular complexity index is 1130. The van der Waals surface area contributed by atoms with Crippen molar-refractivity contribution in [1.29, 1.82) is 0 Å². The van der Waals surface area contributed by atoms with Crippen LogP contribution in [0.15, 0.2) is 30.6 Å². The number of sulfonamides is 1. The molecule has 0 unspecified atom stereocenters. The molecule has 12 heteroatoms. The van der Waals surface area contributed by atoms with Crippen LogP contribution in [-0.4, -0.2) is 47.6 Å². The van der Waals surface area contributed by atoms with E-state index >= 15 is 0 Å². The number of carbonyl (C=O) groups excluding carboxylic acids is 1. The molecule has 166 valence electrons. The molecule has 2 fully saturated rings. The Morgan fingerprint density at radius 1 is 1.19 bits per heavy atom. The van der Waals surface area contributed by atoms with Gasteiger partial charge in [0.1, 0.15) is 0 Å². The fourth-order valence-corrected chi connectivity index (χ4v) is 5.30. The smallest absolute Gasteiger partial charge is 0.404 e. The second-order valence-electron chi connectivity index (χ2n) is 8.38. The lowest BCUT2D eigenvalue weighted by Crippen LogP contribution is -2.56. The van der Waals surface area contributed by atoms with Gasteiger partial charge in [-0.1, -0.05) is 11.6 Å². The summed E-state index contributed by atoms with van der Waals surface area (Å²) in [6, 6.07) is 4.65. The molecule has 4 rings (SSSR count). The maximum atomic E-state index is 12.6. The molecule has 0 bridgehead atoms. The number of amides is 2. The van der Waals surface area contributed by atoms with Gasteiger partial charge < -0.3 is 15.7 Å². The van der Waals surface area contributed by atoms with E-state index in [0.717, 1.165) is 31.9 Å². The lowest BCUT2D eigenvalue weighted by atomic mass is 9.52. The fourth-order valence-electron chi connectivity index (χ4n) is 4.52. The maximum absolute atomic E-state index is 12.6. The average molecular weight is 468 g/mol. The van der Waals surface area contributed by atoms with Crippen molar-refractivity contribution in [2.24, 2.45) is 5.41 Å². The maximum Gasteiger partial charge on any atom is 0.404 e. The Hall–Kier alpha value is -2.79. The van der Waals surface area contributed by atoms with E-state index in [2.05, 4.69) is 20.5 Å². The Balaban J connectivity index is 1.35. The van der Waals surface area contributed by atoms with Gasteiger partial charge in [0.2, 0.25) is 10.0 Å². The third kappa shape index (κ3) is 4.93. The highest BCUT2D eigenvalue weighted by Gasteiger charge is 2.54. The van der Waals surface area contributed by atoms with Crippen LogP contribution in [0.1, 0.15) is 42.1 Å². The standard InChI is InChI=1S/C19H22ClN5O5S/c1-31(29,30)24-14-3-12(20)2-13(4-14)22-17(26)11-9-21-25(10-11)16-7-19(8-16)5-15(6-19)23-18(27)28/h2-4,9-10,15-16,23-24H,5-8H2,1H3,(H,22,26)(H,27,28). The molecule has 10 nitrogen and oxygen atoms in total. The number of hydrogen-bond acceptors (Lipinski definition) is 5. The molecule has 1 aromatic carbocycles. The highest BCUT2D eigenvalue weighted by atomic mass is 35.5. The van der Waals surface area contributed by atoms with Gasteiger partial charge in [-0.25, -0.2) is 13.2 Å². The summed E-state index contributed by atoms with van der Waals surface area (Å²) < 4.78 is 26.9. The SMILES string of the molecule is CS(=O)(=O)Nc1cc(Cl)cc(NC(=O)c2cnn(C3CC4(CC(NC(=O)O)C4)C3)c2)c1. The molecule has 0 aliphatic heterocycles. The number of benzene rings is 1. The van der Waals surface area contributed by atoms with Crippen molar-refractivity contribution in [1.82, 2.24) is 15.1 Å². The number of nitrogens with one attached hydrogen (secondary N) is 3. The van der Waals surface area contributed by atoms with Crippen molar-refractivity contribution in [3.05, 3.63) is 41.2 Å². The molecular formula is C19H22ClN5O5S. The van der Waals surface area contributed by atoms with E-state index < -0.39 is 16.1 Å². The molecule has 4 N–H and O–H groups in total. The van der Waals surface area contributed by atoms with E-state index in [9.17, 15) is 18.0 Å². The summed E-state index contributed by atoms with van der Waals surface area (Å²) in [6.45, 7) is 0. The first-order valence-electron chi connectivity index (χ1n) is 9.64. The van der Waals surface area contributed by atoms with E-state index in [1.165, 1.54) is 24.4 Å². The van der Waals surface area contributed by atoms with Gasteiger partial charge in [-0.2, -0.15) is 5.10 Å². The normalized spacial score (nSPS) is 24.7. The summed E-state index contributed by atoms with van der Waals surface area (Å²) in [7, 11) is -3.48. The zero-order valence-corrected chi connectivity index (χ0v) is 18.2. The fraction of sp³-hybridized carbons (Fsp3) is 0.421. The van der Waals surface area contributed by atoms with Gasteiger partial charge in [-0.05, 0) is 49.3 Å². The van der Waals surface area contributed by atoms with Crippen LogP contribution in [0.25, 0.3) is 0 Å². The molecular weight excluding hydrogens is 446 g/mol. The van der Waals surface area contributed by atoms with E-state index in [1.54, 1.807) is 10.9 Å². The van der Waals surface area contributed by atoms with Crippen LogP contribution in [0.4, 0.5) is 16.2 Å². The predicted molar refractivity (Wildman–Crippen MR) is 115 cm³/mol. The Kier molecular flexibility index (Phi) is 5.34. The molecule has 31 heavy (non-hydrogen) atoms. The van der Waals surface area contributed by atoms with E-state index in [1.807, 2.05) is 0 Å². The predicted octanol–water partition coefficient (Wildman–Crippen LogP) is 2.91. The highest BCUT2D eigenvalue weighted by Crippen LogP contribution is 2.60. The van der Waals surface area contributed by atoms with Gasteiger partial charge in [0, 0.05) is 22.9 Å². The number of halogens is 1. The molecule has 0 saturated heterocycles. The molecule has 2 aromatic rings.